The molecule has 1 saturated heterocycles. The fraction of sp³-hybridized carbons (Fsp3) is 0.333. The van der Waals surface area contributed by atoms with Crippen molar-refractivity contribution in [2.75, 3.05) is 30.8 Å². The summed E-state index contributed by atoms with van der Waals surface area (Å²) in [5.41, 5.74) is 5.03. The Morgan fingerprint density at radius 2 is 1.92 bits per heavy atom. The van der Waals surface area contributed by atoms with Gasteiger partial charge in [-0.05, 0) is 24.0 Å². The summed E-state index contributed by atoms with van der Waals surface area (Å²) in [6, 6.07) is 19.6. The highest BCUT2D eigenvalue weighted by Gasteiger charge is 2.35. The van der Waals surface area contributed by atoms with E-state index in [9.17, 15) is 14.6 Å². The maximum absolute atomic E-state index is 12.9. The van der Waals surface area contributed by atoms with Crippen molar-refractivity contribution in [3.05, 3.63) is 71.3 Å². The number of rotatable bonds is 5. The van der Waals surface area contributed by atoms with Crippen LogP contribution in [0.2, 0.25) is 0 Å². The molecule has 2 aliphatic rings. The lowest BCUT2D eigenvalue weighted by Gasteiger charge is -2.41. The molecule has 1 fully saturated rings. The number of carbonyl (C=O) groups is 1. The second-order valence-corrected chi connectivity index (χ2v) is 10.2. The molecule has 0 spiro atoms. The second-order valence-electron chi connectivity index (χ2n) is 8.96. The summed E-state index contributed by atoms with van der Waals surface area (Å²) in [5.74, 6) is 0.750. The van der Waals surface area contributed by atoms with Gasteiger partial charge < -0.3 is 19.1 Å². The number of amides is 1. The minimum atomic E-state index is -1.35. The van der Waals surface area contributed by atoms with Gasteiger partial charge in [-0.2, -0.15) is 15.2 Å². The van der Waals surface area contributed by atoms with Crippen LogP contribution in [0.1, 0.15) is 23.1 Å². The quantitative estimate of drug-likeness (QED) is 0.387. The van der Waals surface area contributed by atoms with Gasteiger partial charge in [0.05, 0.1) is 24.2 Å². The number of anilines is 1. The molecule has 0 radical (unpaired) electrons. The first-order valence-electron chi connectivity index (χ1n) is 12.0. The summed E-state index contributed by atoms with van der Waals surface area (Å²) >= 11 is -1.35. The first-order valence-corrected chi connectivity index (χ1v) is 13.5. The fourth-order valence-corrected chi connectivity index (χ4v) is 5.33. The van der Waals surface area contributed by atoms with Gasteiger partial charge in [-0.1, -0.05) is 54.6 Å². The largest absolute Gasteiger partial charge is 0.609 e. The Morgan fingerprint density at radius 1 is 1.14 bits per heavy atom. The van der Waals surface area contributed by atoms with E-state index < -0.39 is 17.3 Å². The molecule has 1 aliphatic heterocycles. The molecule has 9 heteroatoms. The van der Waals surface area contributed by atoms with Crippen LogP contribution < -0.4 is 4.90 Å². The molecule has 0 bridgehead atoms. The maximum Gasteiger partial charge on any atom is 0.410 e. The summed E-state index contributed by atoms with van der Waals surface area (Å²) in [6.45, 7) is 1.56. The number of nitrogens with zero attached hydrogens (tertiary/aromatic N) is 5. The maximum atomic E-state index is 12.9. The zero-order chi connectivity index (χ0) is 25.1. The zero-order valence-corrected chi connectivity index (χ0v) is 20.9. The SMILES string of the molecule is C[S+]([O-])c1nc2c(c(N3CCN(C(=O)OCc4ccccc4)[C@@H](CC#N)C3)n1)CCc1ccccc1-2. The molecule has 184 valence electrons. The molecular weight excluding hydrogens is 474 g/mol. The molecule has 2 aromatic carbocycles. The molecule has 8 nitrogen and oxygen atoms in total. The number of carbonyl (C=O) groups excluding carboxylic acids is 1. The first-order chi connectivity index (χ1) is 17.5. The third kappa shape index (κ3) is 4.87. The zero-order valence-electron chi connectivity index (χ0n) is 20.1. The van der Waals surface area contributed by atoms with E-state index in [4.69, 9.17) is 9.72 Å². The van der Waals surface area contributed by atoms with Crippen LogP contribution in [0.3, 0.4) is 0 Å². The molecule has 0 N–H and O–H groups in total. The van der Waals surface area contributed by atoms with Crippen LogP contribution in [0.25, 0.3) is 11.3 Å². The van der Waals surface area contributed by atoms with Gasteiger partial charge >= 0.3 is 11.2 Å². The highest BCUT2D eigenvalue weighted by Crippen LogP contribution is 2.37. The topological polar surface area (TPSA) is 105 Å². The number of aryl methyl sites for hydroxylation is 1. The van der Waals surface area contributed by atoms with Crippen molar-refractivity contribution in [3.8, 4) is 17.3 Å². The van der Waals surface area contributed by atoms with Gasteiger partial charge in [-0.25, -0.2) is 4.79 Å². The molecule has 1 unspecified atom stereocenters. The summed E-state index contributed by atoms with van der Waals surface area (Å²) in [4.78, 5) is 26.1. The van der Waals surface area contributed by atoms with Crippen LogP contribution in [0.4, 0.5) is 10.6 Å². The molecule has 36 heavy (non-hydrogen) atoms. The molecule has 3 aromatic rings. The predicted octanol–water partition coefficient (Wildman–Crippen LogP) is 3.72. The average molecular weight is 502 g/mol. The van der Waals surface area contributed by atoms with Crippen molar-refractivity contribution in [1.82, 2.24) is 14.9 Å². The highest BCUT2D eigenvalue weighted by molar-refractivity contribution is 7.90. The predicted molar refractivity (Wildman–Crippen MR) is 137 cm³/mol. The van der Waals surface area contributed by atoms with Gasteiger partial charge in [0.15, 0.2) is 0 Å². The monoisotopic (exact) mass is 501 g/mol. The standard InChI is InChI=1S/C27H27N5O3S/c1-36(34)26-29-24-22-10-6-5-9-20(22)11-12-23(24)25(30-26)31-15-16-32(21(17-31)13-14-28)27(33)35-18-19-7-3-2-4-8-19/h2-10,21H,11-13,15-18H2,1H3/t21-,36?/m0/s1. The van der Waals surface area contributed by atoms with Crippen LogP contribution in [0.15, 0.2) is 59.8 Å². The number of fused-ring (bicyclic) bond motifs is 3. The summed E-state index contributed by atoms with van der Waals surface area (Å²) in [5, 5.41) is 9.78. The van der Waals surface area contributed by atoms with Gasteiger partial charge in [-0.15, -0.1) is 0 Å². The van der Waals surface area contributed by atoms with E-state index in [-0.39, 0.29) is 19.1 Å². The fourth-order valence-electron chi connectivity index (χ4n) is 4.89. The Bertz CT molecular complexity index is 1290. The average Bonchev–Trinajstić information content (AvgIpc) is 2.91. The van der Waals surface area contributed by atoms with E-state index >= 15 is 0 Å². The Hall–Kier alpha value is -3.61. The minimum absolute atomic E-state index is 0.180. The second kappa shape index (κ2) is 10.6. The van der Waals surface area contributed by atoms with E-state index in [1.807, 2.05) is 48.5 Å². The van der Waals surface area contributed by atoms with E-state index in [1.54, 1.807) is 11.2 Å². The van der Waals surface area contributed by atoms with E-state index in [0.29, 0.717) is 24.8 Å². The third-order valence-electron chi connectivity index (χ3n) is 6.69. The van der Waals surface area contributed by atoms with Gasteiger partial charge in [-0.3, -0.25) is 0 Å². The van der Waals surface area contributed by atoms with Crippen molar-refractivity contribution in [2.45, 2.75) is 37.1 Å². The Kier molecular flexibility index (Phi) is 7.07. The van der Waals surface area contributed by atoms with Crippen molar-refractivity contribution < 1.29 is 14.1 Å². The van der Waals surface area contributed by atoms with Crippen molar-refractivity contribution in [2.24, 2.45) is 0 Å². The minimum Gasteiger partial charge on any atom is -0.609 e. The molecule has 1 amide bonds. The smallest absolute Gasteiger partial charge is 0.410 e. The van der Waals surface area contributed by atoms with Crippen molar-refractivity contribution >= 4 is 23.1 Å². The first kappa shape index (κ1) is 24.1. The molecule has 0 saturated carbocycles. The molecule has 1 aliphatic carbocycles. The summed E-state index contributed by atoms with van der Waals surface area (Å²) in [7, 11) is 0. The number of hydrogen-bond acceptors (Lipinski definition) is 7. The lowest BCUT2D eigenvalue weighted by molar-refractivity contribution is 0.0768. The van der Waals surface area contributed by atoms with Gasteiger partial charge in [0.2, 0.25) is 0 Å². The lowest BCUT2D eigenvalue weighted by Crippen LogP contribution is -2.55. The van der Waals surface area contributed by atoms with E-state index in [2.05, 4.69) is 22.0 Å². The number of ether oxygens (including phenoxy) is 1. The van der Waals surface area contributed by atoms with Crippen LogP contribution >= 0.6 is 0 Å². The lowest BCUT2D eigenvalue weighted by atomic mass is 9.89. The molecule has 5 rings (SSSR count). The number of aromatic nitrogens is 2. The van der Waals surface area contributed by atoms with E-state index in [1.165, 1.54) is 5.56 Å². The Balaban J connectivity index is 1.41. The summed E-state index contributed by atoms with van der Waals surface area (Å²) in [6.07, 6.45) is 2.99. The van der Waals surface area contributed by atoms with E-state index in [0.717, 1.165) is 41.0 Å². The third-order valence-corrected chi connectivity index (χ3v) is 7.38. The van der Waals surface area contributed by atoms with Crippen LogP contribution in [-0.4, -0.2) is 57.4 Å². The highest BCUT2D eigenvalue weighted by atomic mass is 32.2. The Labute approximate surface area is 213 Å². The molecule has 1 aromatic heterocycles. The van der Waals surface area contributed by atoms with Crippen LogP contribution in [0, 0.1) is 11.3 Å². The molecular formula is C27H27N5O3S. The van der Waals surface area contributed by atoms with Gasteiger partial charge in [0.1, 0.15) is 18.7 Å². The normalized spacial score (nSPS) is 17.5. The number of hydrogen-bond donors (Lipinski definition) is 0. The van der Waals surface area contributed by atoms with Gasteiger partial charge in [0, 0.05) is 41.9 Å². The number of benzene rings is 2. The molecule has 2 atom stereocenters. The summed E-state index contributed by atoms with van der Waals surface area (Å²) < 4.78 is 18.0. The number of piperazine rings is 1. The number of nitriles is 1. The van der Waals surface area contributed by atoms with Gasteiger partial charge in [0.25, 0.3) is 0 Å². The van der Waals surface area contributed by atoms with Crippen LogP contribution in [0.5, 0.6) is 0 Å². The molecule has 2 heterocycles. The Morgan fingerprint density at radius 3 is 2.69 bits per heavy atom. The van der Waals surface area contributed by atoms with Crippen LogP contribution in [-0.2, 0) is 35.4 Å². The van der Waals surface area contributed by atoms with Crippen molar-refractivity contribution in [3.63, 3.8) is 0 Å². The van der Waals surface area contributed by atoms with Crippen molar-refractivity contribution in [1.29, 1.82) is 5.26 Å².